The molecule has 6 nitrogen and oxygen atoms in total. The molecular weight excluding hydrogens is 352 g/mol. The molecule has 26 heavy (non-hydrogen) atoms. The molecule has 0 aromatic carbocycles. The highest BCUT2D eigenvalue weighted by Crippen LogP contribution is 2.47. The molecule has 0 aromatic heterocycles. The predicted molar refractivity (Wildman–Crippen MR) is 105 cm³/mol. The quantitative estimate of drug-likeness (QED) is 0.790. The maximum absolute atomic E-state index is 12.6. The molecule has 1 amide bonds. The van der Waals surface area contributed by atoms with E-state index in [1.165, 1.54) is 0 Å². The van der Waals surface area contributed by atoms with Gasteiger partial charge in [-0.2, -0.15) is 4.40 Å². The molecule has 1 spiro atoms. The van der Waals surface area contributed by atoms with Crippen LogP contribution in [0.3, 0.4) is 0 Å². The Morgan fingerprint density at radius 3 is 2.27 bits per heavy atom. The molecule has 150 valence electrons. The number of ether oxygens (including phenoxy) is 1. The van der Waals surface area contributed by atoms with Crippen LogP contribution in [0.5, 0.6) is 0 Å². The second-order valence-corrected chi connectivity index (χ2v) is 11.4. The van der Waals surface area contributed by atoms with Crippen LogP contribution in [0, 0.1) is 11.3 Å². The van der Waals surface area contributed by atoms with Crippen LogP contribution in [0.1, 0.15) is 67.2 Å². The van der Waals surface area contributed by atoms with Gasteiger partial charge in [0.15, 0.2) is 0 Å². The van der Waals surface area contributed by atoms with E-state index in [-0.39, 0.29) is 24.0 Å². The zero-order valence-corrected chi connectivity index (χ0v) is 17.8. The summed E-state index contributed by atoms with van der Waals surface area (Å²) in [6, 6.07) is 0. The Balaban J connectivity index is 2.15. The fourth-order valence-electron chi connectivity index (χ4n) is 3.67. The molecule has 2 aliphatic rings. The van der Waals surface area contributed by atoms with Crippen molar-refractivity contribution in [3.8, 4) is 0 Å². The number of piperidine rings is 1. The third-order valence-corrected chi connectivity index (χ3v) is 6.61. The predicted octanol–water partition coefficient (Wildman–Crippen LogP) is 3.31. The molecule has 1 aliphatic heterocycles. The summed E-state index contributed by atoms with van der Waals surface area (Å²) in [7, 11) is -1.34. The number of hydrogen-bond donors (Lipinski definition) is 1. The van der Waals surface area contributed by atoms with E-state index in [2.05, 4.69) is 4.40 Å². The van der Waals surface area contributed by atoms with E-state index in [0.717, 1.165) is 31.4 Å². The number of aliphatic hydroxyl groups excluding tert-OH is 1. The van der Waals surface area contributed by atoms with Crippen LogP contribution in [0.15, 0.2) is 4.40 Å². The molecule has 1 unspecified atom stereocenters. The van der Waals surface area contributed by atoms with Crippen LogP contribution in [-0.2, 0) is 15.7 Å². The molecular formula is C19H34N2O4S. The summed E-state index contributed by atoms with van der Waals surface area (Å²) in [5.74, 6) is -0.0191. The fraction of sp³-hybridized carbons (Fsp3) is 0.895. The lowest BCUT2D eigenvalue weighted by atomic mass is 9.75. The zero-order chi connectivity index (χ0) is 19.8. The Hall–Kier alpha value is -0.950. The molecule has 1 saturated heterocycles. The number of amides is 1. The SMILES string of the molecule is CC(C)(C)OC(=O)N1CCC2(CCC(CO)/C2=N\[S@](=O)C(C)(C)C)CC1. The fourth-order valence-corrected chi connectivity index (χ4v) is 4.47. The Bertz CT molecular complexity index is 581. The van der Waals surface area contributed by atoms with Gasteiger partial charge in [-0.05, 0) is 67.2 Å². The van der Waals surface area contributed by atoms with Crippen molar-refractivity contribution in [1.82, 2.24) is 4.90 Å². The van der Waals surface area contributed by atoms with Gasteiger partial charge in [0.2, 0.25) is 0 Å². The maximum atomic E-state index is 12.6. The lowest BCUT2D eigenvalue weighted by molar-refractivity contribution is 0.0156. The minimum absolute atomic E-state index is 0.0191. The van der Waals surface area contributed by atoms with Crippen LogP contribution >= 0.6 is 0 Å². The molecule has 1 aliphatic carbocycles. The highest BCUT2D eigenvalue weighted by molar-refractivity contribution is 7.85. The molecule has 1 heterocycles. The normalized spacial score (nSPS) is 26.3. The van der Waals surface area contributed by atoms with Gasteiger partial charge >= 0.3 is 6.09 Å². The number of carbonyl (C=O) groups excluding carboxylic acids is 1. The summed E-state index contributed by atoms with van der Waals surface area (Å²) in [6.07, 6.45) is 3.08. The van der Waals surface area contributed by atoms with Crippen molar-refractivity contribution in [3.05, 3.63) is 0 Å². The Kier molecular flexibility index (Phi) is 6.23. The van der Waals surface area contributed by atoms with Crippen LogP contribution in [-0.4, -0.2) is 56.1 Å². The van der Waals surface area contributed by atoms with Crippen LogP contribution in [0.4, 0.5) is 4.79 Å². The van der Waals surface area contributed by atoms with Gasteiger partial charge in [-0.3, -0.25) is 0 Å². The number of nitrogens with zero attached hydrogens (tertiary/aromatic N) is 2. The summed E-state index contributed by atoms with van der Waals surface area (Å²) < 4.78 is 22.2. The van der Waals surface area contributed by atoms with Crippen LogP contribution in [0.25, 0.3) is 0 Å². The standard InChI is InChI=1S/C19H34N2O4S/c1-17(2,3)25-16(23)21-11-9-19(10-12-21)8-7-14(13-22)15(19)20-26(24)18(4,5)6/h14,22H,7-13H2,1-6H3/b20-15+/t14?,26-/m1/s1. The van der Waals surface area contributed by atoms with Gasteiger partial charge in [0, 0.05) is 30.1 Å². The lowest BCUT2D eigenvalue weighted by Crippen LogP contribution is -2.47. The average Bonchev–Trinajstić information content (AvgIpc) is 2.83. The smallest absolute Gasteiger partial charge is 0.410 e. The first-order chi connectivity index (χ1) is 11.9. The van der Waals surface area contributed by atoms with Crippen molar-refractivity contribution >= 4 is 22.8 Å². The van der Waals surface area contributed by atoms with Crippen molar-refractivity contribution in [1.29, 1.82) is 0 Å². The molecule has 2 rings (SSSR count). The highest BCUT2D eigenvalue weighted by Gasteiger charge is 2.48. The Morgan fingerprint density at radius 1 is 1.23 bits per heavy atom. The lowest BCUT2D eigenvalue weighted by Gasteiger charge is -2.40. The van der Waals surface area contributed by atoms with Crippen LogP contribution < -0.4 is 0 Å². The third-order valence-electron chi connectivity index (χ3n) is 5.20. The summed E-state index contributed by atoms with van der Waals surface area (Å²) in [6.45, 7) is 12.6. The van der Waals surface area contributed by atoms with E-state index in [1.807, 2.05) is 41.5 Å². The van der Waals surface area contributed by atoms with Gasteiger partial charge in [-0.1, -0.05) is 0 Å². The summed E-state index contributed by atoms with van der Waals surface area (Å²) >= 11 is 0. The first kappa shape index (κ1) is 21.4. The maximum Gasteiger partial charge on any atom is 0.410 e. The molecule has 1 saturated carbocycles. The topological polar surface area (TPSA) is 79.2 Å². The molecule has 1 N–H and O–H groups in total. The van der Waals surface area contributed by atoms with E-state index in [0.29, 0.717) is 13.1 Å². The van der Waals surface area contributed by atoms with Crippen LogP contribution in [0.2, 0.25) is 0 Å². The van der Waals surface area contributed by atoms with Gasteiger partial charge < -0.3 is 14.7 Å². The zero-order valence-electron chi connectivity index (χ0n) is 17.0. The minimum Gasteiger partial charge on any atom is -0.444 e. The van der Waals surface area contributed by atoms with Gasteiger partial charge in [0.25, 0.3) is 0 Å². The molecule has 0 radical (unpaired) electrons. The van der Waals surface area contributed by atoms with Gasteiger partial charge in [0.1, 0.15) is 16.6 Å². The van der Waals surface area contributed by atoms with E-state index >= 15 is 0 Å². The minimum atomic E-state index is -1.34. The van der Waals surface area contributed by atoms with E-state index in [4.69, 9.17) is 4.74 Å². The van der Waals surface area contributed by atoms with Crippen molar-refractivity contribution in [2.75, 3.05) is 19.7 Å². The number of rotatable bonds is 2. The van der Waals surface area contributed by atoms with Gasteiger partial charge in [0.05, 0.1) is 11.4 Å². The van der Waals surface area contributed by atoms with Gasteiger partial charge in [-0.25, -0.2) is 9.00 Å². The first-order valence-corrected chi connectivity index (χ1v) is 10.6. The van der Waals surface area contributed by atoms with Gasteiger partial charge in [-0.15, -0.1) is 0 Å². The average molecular weight is 387 g/mol. The summed E-state index contributed by atoms with van der Waals surface area (Å²) in [5.41, 5.74) is 0.252. The molecule has 2 atom stereocenters. The summed E-state index contributed by atoms with van der Waals surface area (Å²) in [5, 5.41) is 9.77. The van der Waals surface area contributed by atoms with Crippen molar-refractivity contribution < 1.29 is 18.8 Å². The largest absolute Gasteiger partial charge is 0.444 e. The van der Waals surface area contributed by atoms with Crippen molar-refractivity contribution in [3.63, 3.8) is 0 Å². The number of aliphatic hydroxyl groups is 1. The third kappa shape index (κ3) is 4.85. The molecule has 0 aromatic rings. The van der Waals surface area contributed by atoms with E-state index < -0.39 is 21.3 Å². The summed E-state index contributed by atoms with van der Waals surface area (Å²) in [4.78, 5) is 14.1. The number of hydrogen-bond acceptors (Lipinski definition) is 4. The monoisotopic (exact) mass is 386 g/mol. The highest BCUT2D eigenvalue weighted by atomic mass is 32.2. The second-order valence-electron chi connectivity index (χ2n) is 9.50. The van der Waals surface area contributed by atoms with Crippen molar-refractivity contribution in [2.24, 2.45) is 15.7 Å². The number of likely N-dealkylation sites (tertiary alicyclic amines) is 1. The Labute approximate surface area is 160 Å². The molecule has 0 bridgehead atoms. The first-order valence-electron chi connectivity index (χ1n) is 9.48. The number of carbonyl (C=O) groups is 1. The van der Waals surface area contributed by atoms with E-state index in [1.54, 1.807) is 4.90 Å². The van der Waals surface area contributed by atoms with E-state index in [9.17, 15) is 14.1 Å². The second kappa shape index (κ2) is 7.58. The Morgan fingerprint density at radius 2 is 1.81 bits per heavy atom. The molecule has 7 heteroatoms. The van der Waals surface area contributed by atoms with Crippen molar-refractivity contribution in [2.45, 2.75) is 77.6 Å². The molecule has 2 fully saturated rings.